The van der Waals surface area contributed by atoms with Crippen molar-refractivity contribution in [1.82, 2.24) is 4.98 Å². The number of alkyl halides is 4. The highest BCUT2D eigenvalue weighted by molar-refractivity contribution is 5.38. The van der Waals surface area contributed by atoms with Crippen molar-refractivity contribution < 1.29 is 42.4 Å². The van der Waals surface area contributed by atoms with E-state index in [-0.39, 0.29) is 17.5 Å². The van der Waals surface area contributed by atoms with Crippen LogP contribution in [0, 0.1) is 0 Å². The number of hydrogen-bond acceptors (Lipinski definition) is 6. The number of nitrogens with zero attached hydrogens (tertiary/aromatic N) is 1. The number of benzene rings is 1. The zero-order valence-electron chi connectivity index (χ0n) is 15.9. The molecule has 5 unspecified atom stereocenters. The molecule has 3 N–H and O–H groups in total. The van der Waals surface area contributed by atoms with Crippen molar-refractivity contribution >= 4 is 0 Å². The molecule has 2 aromatic rings. The average molecular weight is 431 g/mol. The number of aliphatic hydroxyl groups is 3. The predicted octanol–water partition coefficient (Wildman–Crippen LogP) is 2.19. The SMILES string of the molecule is COc1ccc(Cc2cc(C3OC(CO)C(F)C(O)C3O)ccc2C(F)(F)F)nc1. The van der Waals surface area contributed by atoms with Gasteiger partial charge in [0.25, 0.3) is 0 Å². The Morgan fingerprint density at radius 2 is 1.87 bits per heavy atom. The van der Waals surface area contributed by atoms with Gasteiger partial charge in [-0.1, -0.05) is 12.1 Å². The summed E-state index contributed by atoms with van der Waals surface area (Å²) in [5.41, 5.74) is -0.563. The van der Waals surface area contributed by atoms with E-state index < -0.39 is 48.9 Å². The van der Waals surface area contributed by atoms with Crippen molar-refractivity contribution in [3.63, 3.8) is 0 Å². The molecular formula is C20H21F4NO5. The van der Waals surface area contributed by atoms with Crippen molar-refractivity contribution in [2.24, 2.45) is 0 Å². The Morgan fingerprint density at radius 1 is 1.13 bits per heavy atom. The molecular weight excluding hydrogens is 410 g/mol. The molecule has 1 fully saturated rings. The van der Waals surface area contributed by atoms with Crippen molar-refractivity contribution in [1.29, 1.82) is 0 Å². The van der Waals surface area contributed by atoms with Crippen molar-refractivity contribution in [2.75, 3.05) is 13.7 Å². The summed E-state index contributed by atoms with van der Waals surface area (Å²) >= 11 is 0. The summed E-state index contributed by atoms with van der Waals surface area (Å²) in [7, 11) is 1.44. The van der Waals surface area contributed by atoms with E-state index in [0.29, 0.717) is 11.4 Å². The van der Waals surface area contributed by atoms with Crippen LogP contribution in [0.15, 0.2) is 36.5 Å². The molecule has 0 bridgehead atoms. The van der Waals surface area contributed by atoms with Crippen LogP contribution in [0.1, 0.15) is 28.5 Å². The molecule has 0 radical (unpaired) electrons. The van der Waals surface area contributed by atoms with Crippen LogP contribution in [0.4, 0.5) is 17.6 Å². The number of hydrogen-bond donors (Lipinski definition) is 3. The molecule has 0 aliphatic carbocycles. The van der Waals surface area contributed by atoms with Crippen molar-refractivity contribution in [3.05, 3.63) is 58.9 Å². The van der Waals surface area contributed by atoms with Crippen LogP contribution in [0.25, 0.3) is 0 Å². The molecule has 1 aromatic heterocycles. The lowest BCUT2D eigenvalue weighted by molar-refractivity contribution is -0.214. The van der Waals surface area contributed by atoms with Gasteiger partial charge < -0.3 is 24.8 Å². The second kappa shape index (κ2) is 8.84. The molecule has 1 saturated heterocycles. The van der Waals surface area contributed by atoms with Gasteiger partial charge in [0, 0.05) is 12.1 Å². The summed E-state index contributed by atoms with van der Waals surface area (Å²) in [5.74, 6) is 0.451. The smallest absolute Gasteiger partial charge is 0.416 e. The molecule has 6 nitrogen and oxygen atoms in total. The number of rotatable bonds is 5. The highest BCUT2D eigenvalue weighted by Gasteiger charge is 2.45. The van der Waals surface area contributed by atoms with Gasteiger partial charge in [0.05, 0.1) is 25.5 Å². The van der Waals surface area contributed by atoms with Crippen LogP contribution in [-0.2, 0) is 17.3 Å². The van der Waals surface area contributed by atoms with Crippen LogP contribution < -0.4 is 4.74 Å². The molecule has 1 aliphatic rings. The number of methoxy groups -OCH3 is 1. The summed E-state index contributed by atoms with van der Waals surface area (Å²) in [6, 6.07) is 6.21. The van der Waals surface area contributed by atoms with Crippen LogP contribution in [0.3, 0.4) is 0 Å². The molecule has 0 spiro atoms. The zero-order valence-corrected chi connectivity index (χ0v) is 15.9. The predicted molar refractivity (Wildman–Crippen MR) is 96.6 cm³/mol. The lowest BCUT2D eigenvalue weighted by atomic mass is 9.89. The number of aromatic nitrogens is 1. The quantitative estimate of drug-likeness (QED) is 0.629. The maximum atomic E-state index is 14.0. The Hall–Kier alpha value is -2.27. The first kappa shape index (κ1) is 22.4. The van der Waals surface area contributed by atoms with E-state index in [1.807, 2.05) is 0 Å². The van der Waals surface area contributed by atoms with E-state index in [1.54, 1.807) is 6.07 Å². The van der Waals surface area contributed by atoms with Crippen LogP contribution in [0.5, 0.6) is 5.75 Å². The summed E-state index contributed by atoms with van der Waals surface area (Å²) in [5, 5.41) is 29.3. The number of ether oxygens (including phenoxy) is 2. The van der Waals surface area contributed by atoms with Gasteiger partial charge in [-0.15, -0.1) is 0 Å². The van der Waals surface area contributed by atoms with Gasteiger partial charge in [0.15, 0.2) is 6.17 Å². The maximum absolute atomic E-state index is 14.0. The third-order valence-electron chi connectivity index (χ3n) is 5.01. The van der Waals surface area contributed by atoms with Crippen LogP contribution in [-0.4, -0.2) is 58.5 Å². The fourth-order valence-corrected chi connectivity index (χ4v) is 3.40. The van der Waals surface area contributed by atoms with E-state index in [1.165, 1.54) is 25.4 Å². The van der Waals surface area contributed by atoms with E-state index in [0.717, 1.165) is 12.1 Å². The van der Waals surface area contributed by atoms with Crippen molar-refractivity contribution in [3.8, 4) is 5.75 Å². The lowest BCUT2D eigenvalue weighted by Gasteiger charge is -2.39. The van der Waals surface area contributed by atoms with E-state index >= 15 is 0 Å². The summed E-state index contributed by atoms with van der Waals surface area (Å²) in [6.45, 7) is -0.759. The second-order valence-electron chi connectivity index (χ2n) is 6.98. The Morgan fingerprint density at radius 3 is 2.43 bits per heavy atom. The molecule has 30 heavy (non-hydrogen) atoms. The fourth-order valence-electron chi connectivity index (χ4n) is 3.40. The molecule has 2 heterocycles. The summed E-state index contributed by atoms with van der Waals surface area (Å²) in [6.07, 6.45) is -11.8. The maximum Gasteiger partial charge on any atom is 0.416 e. The summed E-state index contributed by atoms with van der Waals surface area (Å²) < 4.78 is 64.8. The second-order valence-corrected chi connectivity index (χ2v) is 6.98. The van der Waals surface area contributed by atoms with Gasteiger partial charge in [-0.05, 0) is 29.3 Å². The van der Waals surface area contributed by atoms with Gasteiger partial charge in [-0.2, -0.15) is 13.2 Å². The van der Waals surface area contributed by atoms with E-state index in [2.05, 4.69) is 4.98 Å². The average Bonchev–Trinajstić information content (AvgIpc) is 2.72. The highest BCUT2D eigenvalue weighted by atomic mass is 19.4. The molecule has 5 atom stereocenters. The minimum Gasteiger partial charge on any atom is -0.495 e. The minimum atomic E-state index is -4.64. The largest absolute Gasteiger partial charge is 0.495 e. The summed E-state index contributed by atoms with van der Waals surface area (Å²) in [4.78, 5) is 4.08. The number of halogens is 4. The van der Waals surface area contributed by atoms with Gasteiger partial charge >= 0.3 is 6.18 Å². The molecule has 164 valence electrons. The Balaban J connectivity index is 1.97. The number of pyridine rings is 1. The third-order valence-corrected chi connectivity index (χ3v) is 5.01. The zero-order chi connectivity index (χ0) is 22.1. The highest BCUT2D eigenvalue weighted by Crippen LogP contribution is 2.38. The van der Waals surface area contributed by atoms with Crippen LogP contribution >= 0.6 is 0 Å². The minimum absolute atomic E-state index is 0.114. The van der Waals surface area contributed by atoms with E-state index in [9.17, 15) is 32.9 Å². The molecule has 1 aliphatic heterocycles. The lowest BCUT2D eigenvalue weighted by Crippen LogP contribution is -2.53. The van der Waals surface area contributed by atoms with Crippen molar-refractivity contribution in [2.45, 2.75) is 43.2 Å². The third kappa shape index (κ3) is 4.56. The first-order valence-electron chi connectivity index (χ1n) is 9.11. The van der Waals surface area contributed by atoms with Gasteiger partial charge in [0.2, 0.25) is 0 Å². The first-order chi connectivity index (χ1) is 14.2. The molecule has 0 amide bonds. The molecule has 10 heteroatoms. The van der Waals surface area contributed by atoms with Gasteiger partial charge in [0.1, 0.15) is 30.2 Å². The Kier molecular flexibility index (Phi) is 6.61. The van der Waals surface area contributed by atoms with Gasteiger partial charge in [-0.3, -0.25) is 4.98 Å². The Bertz CT molecular complexity index is 859. The molecule has 3 rings (SSSR count). The normalized spacial score (nSPS) is 27.1. The van der Waals surface area contributed by atoms with Gasteiger partial charge in [-0.25, -0.2) is 4.39 Å². The standard InChI is InChI=1S/C20H21F4NO5/c1-29-13-4-3-12(25-8-13)7-11-6-10(2-5-14(11)20(22,23)24)19-18(28)17(27)16(21)15(9-26)30-19/h2-6,8,15-19,26-28H,7,9H2,1H3. The first-order valence-corrected chi connectivity index (χ1v) is 9.11. The fraction of sp³-hybridized carbons (Fsp3) is 0.450. The molecule has 1 aromatic carbocycles. The Labute approximate surface area is 169 Å². The monoisotopic (exact) mass is 431 g/mol. The van der Waals surface area contributed by atoms with Crippen LogP contribution in [0.2, 0.25) is 0 Å². The number of aliphatic hydroxyl groups excluding tert-OH is 3. The van der Waals surface area contributed by atoms with E-state index in [4.69, 9.17) is 9.47 Å². The molecule has 0 saturated carbocycles. The topological polar surface area (TPSA) is 92.0 Å².